The van der Waals surface area contributed by atoms with Crippen molar-refractivity contribution in [3.05, 3.63) is 96.2 Å². The van der Waals surface area contributed by atoms with Gasteiger partial charge in [0.25, 0.3) is 0 Å². The maximum absolute atomic E-state index is 5.97. The number of rotatable bonds is 7. The molecule has 0 atom stereocenters. The van der Waals surface area contributed by atoms with Crippen molar-refractivity contribution in [3.63, 3.8) is 0 Å². The highest BCUT2D eigenvalue weighted by Crippen LogP contribution is 2.26. The zero-order valence-electron chi connectivity index (χ0n) is 17.3. The fourth-order valence-corrected chi connectivity index (χ4v) is 3.67. The standard InChI is InChI=1S/C26H23N3O2/c1-30-20-11-9-18(10-12-20)17-31-21-6-4-5-19(13-21)15-27-26-14-23-22-7-2-3-8-24(22)29-25(23)16-28-26/h2-14,16,29H,15,17H2,1H3,(H,27,28). The summed E-state index contributed by atoms with van der Waals surface area (Å²) in [4.78, 5) is 7.95. The Balaban J connectivity index is 1.25. The van der Waals surface area contributed by atoms with Gasteiger partial charge in [-0.2, -0.15) is 0 Å². The van der Waals surface area contributed by atoms with Gasteiger partial charge < -0.3 is 19.8 Å². The van der Waals surface area contributed by atoms with Gasteiger partial charge in [-0.1, -0.05) is 42.5 Å². The smallest absolute Gasteiger partial charge is 0.126 e. The molecule has 5 heteroatoms. The summed E-state index contributed by atoms with van der Waals surface area (Å²) in [5, 5.41) is 5.80. The van der Waals surface area contributed by atoms with Crippen LogP contribution in [0.1, 0.15) is 11.1 Å². The van der Waals surface area contributed by atoms with Crippen LogP contribution in [-0.2, 0) is 13.2 Å². The molecular formula is C26H23N3O2. The third-order valence-corrected chi connectivity index (χ3v) is 5.33. The predicted octanol–water partition coefficient (Wildman–Crippen LogP) is 5.92. The van der Waals surface area contributed by atoms with Gasteiger partial charge in [-0.25, -0.2) is 4.98 Å². The van der Waals surface area contributed by atoms with E-state index in [0.29, 0.717) is 13.2 Å². The number of pyridine rings is 1. The Morgan fingerprint density at radius 2 is 1.68 bits per heavy atom. The molecule has 31 heavy (non-hydrogen) atoms. The van der Waals surface area contributed by atoms with E-state index in [9.17, 15) is 0 Å². The van der Waals surface area contributed by atoms with Crippen molar-refractivity contribution in [3.8, 4) is 11.5 Å². The van der Waals surface area contributed by atoms with Crippen molar-refractivity contribution < 1.29 is 9.47 Å². The van der Waals surface area contributed by atoms with Crippen LogP contribution in [0.5, 0.6) is 11.5 Å². The zero-order valence-corrected chi connectivity index (χ0v) is 17.3. The van der Waals surface area contributed by atoms with E-state index in [4.69, 9.17) is 9.47 Å². The number of hydrogen-bond acceptors (Lipinski definition) is 4. The topological polar surface area (TPSA) is 59.2 Å². The van der Waals surface area contributed by atoms with Crippen molar-refractivity contribution in [2.24, 2.45) is 0 Å². The Morgan fingerprint density at radius 3 is 2.55 bits per heavy atom. The average molecular weight is 409 g/mol. The van der Waals surface area contributed by atoms with Crippen molar-refractivity contribution in [1.29, 1.82) is 0 Å². The number of fused-ring (bicyclic) bond motifs is 3. The molecule has 154 valence electrons. The normalized spacial score (nSPS) is 11.0. The molecule has 0 bridgehead atoms. The fourth-order valence-electron chi connectivity index (χ4n) is 3.67. The molecule has 2 N–H and O–H groups in total. The monoisotopic (exact) mass is 409 g/mol. The van der Waals surface area contributed by atoms with E-state index in [1.807, 2.05) is 48.7 Å². The van der Waals surface area contributed by atoms with E-state index in [1.54, 1.807) is 7.11 Å². The van der Waals surface area contributed by atoms with Crippen molar-refractivity contribution in [2.45, 2.75) is 13.2 Å². The highest BCUT2D eigenvalue weighted by Gasteiger charge is 2.06. The number of aromatic nitrogens is 2. The van der Waals surface area contributed by atoms with E-state index >= 15 is 0 Å². The molecule has 5 nitrogen and oxygen atoms in total. The highest BCUT2D eigenvalue weighted by molar-refractivity contribution is 6.07. The maximum Gasteiger partial charge on any atom is 0.126 e. The average Bonchev–Trinajstić information content (AvgIpc) is 3.20. The molecule has 0 saturated carbocycles. The Bertz CT molecular complexity index is 1330. The Labute approximate surface area is 180 Å². The number of ether oxygens (including phenoxy) is 2. The maximum atomic E-state index is 5.97. The van der Waals surface area contributed by atoms with Crippen LogP contribution in [0.2, 0.25) is 0 Å². The molecule has 0 radical (unpaired) electrons. The number of para-hydroxylation sites is 1. The molecule has 0 spiro atoms. The van der Waals surface area contributed by atoms with Gasteiger partial charge in [0.15, 0.2) is 0 Å². The van der Waals surface area contributed by atoms with Gasteiger partial charge in [-0.3, -0.25) is 0 Å². The highest BCUT2D eigenvalue weighted by atomic mass is 16.5. The summed E-state index contributed by atoms with van der Waals surface area (Å²) in [6.45, 7) is 1.18. The molecule has 3 aromatic carbocycles. The summed E-state index contributed by atoms with van der Waals surface area (Å²) in [5.41, 5.74) is 4.40. The minimum atomic E-state index is 0.514. The molecular weight excluding hydrogens is 386 g/mol. The second-order valence-electron chi connectivity index (χ2n) is 7.42. The van der Waals surface area contributed by atoms with E-state index in [1.165, 1.54) is 10.8 Å². The third kappa shape index (κ3) is 4.16. The van der Waals surface area contributed by atoms with Crippen LogP contribution in [0.25, 0.3) is 21.8 Å². The van der Waals surface area contributed by atoms with E-state index < -0.39 is 0 Å². The number of anilines is 1. The number of hydrogen-bond donors (Lipinski definition) is 2. The van der Waals surface area contributed by atoms with E-state index in [2.05, 4.69) is 51.7 Å². The molecule has 0 unspecified atom stereocenters. The predicted molar refractivity (Wildman–Crippen MR) is 125 cm³/mol. The quantitative estimate of drug-likeness (QED) is 0.350. The summed E-state index contributed by atoms with van der Waals surface area (Å²) in [7, 11) is 1.67. The summed E-state index contributed by atoms with van der Waals surface area (Å²) in [6, 6.07) is 26.4. The third-order valence-electron chi connectivity index (χ3n) is 5.33. The molecule has 0 aliphatic carbocycles. The van der Waals surface area contributed by atoms with Gasteiger partial charge in [0.2, 0.25) is 0 Å². The largest absolute Gasteiger partial charge is 0.497 e. The van der Waals surface area contributed by atoms with E-state index in [0.717, 1.165) is 39.5 Å². The molecule has 5 rings (SSSR count). The van der Waals surface area contributed by atoms with Gasteiger partial charge >= 0.3 is 0 Å². The minimum Gasteiger partial charge on any atom is -0.497 e. The van der Waals surface area contributed by atoms with Crippen molar-refractivity contribution in [1.82, 2.24) is 9.97 Å². The van der Waals surface area contributed by atoms with Crippen LogP contribution >= 0.6 is 0 Å². The number of aromatic amines is 1. The molecule has 0 fully saturated rings. The molecule has 2 aromatic heterocycles. The summed E-state index contributed by atoms with van der Waals surface area (Å²) >= 11 is 0. The molecule has 0 aliphatic heterocycles. The lowest BCUT2D eigenvalue weighted by Gasteiger charge is -2.10. The number of nitrogens with one attached hydrogen (secondary N) is 2. The minimum absolute atomic E-state index is 0.514. The fraction of sp³-hybridized carbons (Fsp3) is 0.115. The molecule has 0 amide bonds. The number of nitrogens with zero attached hydrogens (tertiary/aromatic N) is 1. The van der Waals surface area contributed by atoms with Crippen LogP contribution in [0.3, 0.4) is 0 Å². The lowest BCUT2D eigenvalue weighted by Crippen LogP contribution is -2.02. The van der Waals surface area contributed by atoms with Gasteiger partial charge in [0.05, 0.1) is 18.8 Å². The molecule has 0 aliphatic rings. The van der Waals surface area contributed by atoms with E-state index in [-0.39, 0.29) is 0 Å². The van der Waals surface area contributed by atoms with Crippen LogP contribution in [0.4, 0.5) is 5.82 Å². The van der Waals surface area contributed by atoms with Gasteiger partial charge in [-0.15, -0.1) is 0 Å². The van der Waals surface area contributed by atoms with Crippen LogP contribution < -0.4 is 14.8 Å². The second kappa shape index (κ2) is 8.40. The van der Waals surface area contributed by atoms with Crippen molar-refractivity contribution >= 4 is 27.6 Å². The van der Waals surface area contributed by atoms with Crippen molar-refractivity contribution in [2.75, 3.05) is 12.4 Å². The second-order valence-corrected chi connectivity index (χ2v) is 7.42. The first-order valence-corrected chi connectivity index (χ1v) is 10.2. The summed E-state index contributed by atoms with van der Waals surface area (Å²) in [6.07, 6.45) is 1.88. The first-order chi connectivity index (χ1) is 15.3. The van der Waals surface area contributed by atoms with Crippen LogP contribution in [0, 0.1) is 0 Å². The lowest BCUT2D eigenvalue weighted by molar-refractivity contribution is 0.305. The van der Waals surface area contributed by atoms with Gasteiger partial charge in [0, 0.05) is 22.8 Å². The first-order valence-electron chi connectivity index (χ1n) is 10.2. The summed E-state index contributed by atoms with van der Waals surface area (Å²) in [5.74, 6) is 2.54. The van der Waals surface area contributed by atoms with Gasteiger partial charge in [0.1, 0.15) is 23.9 Å². The SMILES string of the molecule is COc1ccc(COc2cccc(CNc3cc4c(cn3)[nH]c3ccccc34)c2)cc1. The van der Waals surface area contributed by atoms with Gasteiger partial charge in [-0.05, 0) is 47.5 Å². The summed E-state index contributed by atoms with van der Waals surface area (Å²) < 4.78 is 11.2. The number of H-pyrrole nitrogens is 1. The van der Waals surface area contributed by atoms with Crippen LogP contribution in [0.15, 0.2) is 85.1 Å². The number of methoxy groups -OCH3 is 1. The zero-order chi connectivity index (χ0) is 21.0. The molecule has 0 saturated heterocycles. The Hall–Kier alpha value is -3.99. The molecule has 5 aromatic rings. The van der Waals surface area contributed by atoms with Crippen LogP contribution in [-0.4, -0.2) is 17.1 Å². The lowest BCUT2D eigenvalue weighted by atomic mass is 10.2. The number of benzene rings is 3. The first kappa shape index (κ1) is 19.0. The Morgan fingerprint density at radius 1 is 0.806 bits per heavy atom. The molecule has 2 heterocycles. The Kier molecular flexibility index (Phi) is 5.15.